The zero-order valence-electron chi connectivity index (χ0n) is 22.5. The van der Waals surface area contributed by atoms with E-state index in [4.69, 9.17) is 33.2 Å². The van der Waals surface area contributed by atoms with E-state index in [0.717, 1.165) is 27.7 Å². The molecule has 0 spiro atoms. The van der Waals surface area contributed by atoms with Crippen LogP contribution in [0.5, 0.6) is 0 Å². The van der Waals surface area contributed by atoms with Crippen LogP contribution in [0.25, 0.3) is 0 Å². The van der Waals surface area contributed by atoms with E-state index in [0.29, 0.717) is 0 Å². The molecule has 1 rings (SSSR count). The van der Waals surface area contributed by atoms with Crippen LogP contribution in [0.3, 0.4) is 0 Å². The van der Waals surface area contributed by atoms with E-state index in [-0.39, 0.29) is 0 Å². The minimum absolute atomic E-state index is 0.495. The number of carboxylic acids is 1. The molecule has 216 valence electrons. The largest absolute Gasteiger partial charge is 0.480 e. The third-order valence-corrected chi connectivity index (χ3v) is 4.70. The van der Waals surface area contributed by atoms with Crippen LogP contribution in [0.4, 0.5) is 4.79 Å². The van der Waals surface area contributed by atoms with Gasteiger partial charge >= 0.3 is 35.9 Å². The summed E-state index contributed by atoms with van der Waals surface area (Å²) >= 11 is 0. The van der Waals surface area contributed by atoms with Gasteiger partial charge in [0, 0.05) is 27.7 Å². The number of ether oxygens (including phenoxy) is 7. The third kappa shape index (κ3) is 10.9. The Bertz CT molecular complexity index is 897. The maximum atomic E-state index is 12.2. The Hall–Kier alpha value is -3.46. The first-order valence-electron chi connectivity index (χ1n) is 11.6. The van der Waals surface area contributed by atoms with E-state index in [1.54, 1.807) is 20.8 Å². The number of aliphatic carboxylic acids is 1. The Kier molecular flexibility index (Phi) is 11.9. The summed E-state index contributed by atoms with van der Waals surface area (Å²) in [6, 6.07) is -1.67. The molecule has 0 unspecified atom stereocenters. The van der Waals surface area contributed by atoms with Crippen molar-refractivity contribution in [2.45, 2.75) is 104 Å². The summed E-state index contributed by atoms with van der Waals surface area (Å²) in [7, 11) is 0. The number of amides is 1. The van der Waals surface area contributed by atoms with Crippen molar-refractivity contribution >= 4 is 35.9 Å². The molecule has 1 heterocycles. The van der Waals surface area contributed by atoms with Gasteiger partial charge in [0.2, 0.25) is 0 Å². The Morgan fingerprint density at radius 1 is 0.842 bits per heavy atom. The maximum Gasteiger partial charge on any atom is 0.408 e. The van der Waals surface area contributed by atoms with Crippen LogP contribution in [-0.4, -0.2) is 96.1 Å². The van der Waals surface area contributed by atoms with Gasteiger partial charge in [-0.1, -0.05) is 0 Å². The van der Waals surface area contributed by atoms with Crippen LogP contribution >= 0.6 is 0 Å². The first-order chi connectivity index (χ1) is 17.4. The fraction of sp³-hybridized carbons (Fsp3) is 0.739. The van der Waals surface area contributed by atoms with Gasteiger partial charge in [0.05, 0.1) is 6.10 Å². The van der Waals surface area contributed by atoms with E-state index >= 15 is 0 Å². The number of carbonyl (C=O) groups is 6. The first kappa shape index (κ1) is 32.6. The normalized spacial score (nSPS) is 24.7. The predicted octanol–water partition coefficient (Wildman–Crippen LogP) is 0.453. The summed E-state index contributed by atoms with van der Waals surface area (Å²) in [6.07, 6.45) is -9.79. The second kappa shape index (κ2) is 13.9. The van der Waals surface area contributed by atoms with Gasteiger partial charge in [-0.25, -0.2) is 9.59 Å². The number of hydrogen-bond acceptors (Lipinski definition) is 13. The number of nitrogens with one attached hydrogen (secondary N) is 1. The highest BCUT2D eigenvalue weighted by Crippen LogP contribution is 2.31. The van der Waals surface area contributed by atoms with Crippen molar-refractivity contribution in [1.82, 2.24) is 5.32 Å². The molecule has 15 nitrogen and oxygen atoms in total. The van der Waals surface area contributed by atoms with Crippen molar-refractivity contribution in [2.75, 3.05) is 6.61 Å². The van der Waals surface area contributed by atoms with Gasteiger partial charge in [0.1, 0.15) is 18.3 Å². The Morgan fingerprint density at radius 3 is 1.79 bits per heavy atom. The molecule has 0 aromatic rings. The number of alkyl carbamates (subject to hydrolysis) is 1. The van der Waals surface area contributed by atoms with Crippen LogP contribution in [0.1, 0.15) is 55.4 Å². The summed E-state index contributed by atoms with van der Waals surface area (Å²) in [5.74, 6) is -4.73. The maximum absolute atomic E-state index is 12.2. The molecule has 7 atom stereocenters. The lowest BCUT2D eigenvalue weighted by molar-refractivity contribution is -0.316. The Morgan fingerprint density at radius 2 is 1.34 bits per heavy atom. The van der Waals surface area contributed by atoms with E-state index < -0.39 is 91.0 Å². The standard InChI is InChI=1S/C23H35NO14/c1-10(16(20(29)30)24-22(31)38-23(6,7)8)33-21-19(36-14(5)28)18(35-13(4)27)17(34-12(3)26)15(37-21)9-32-11(2)25/h10,15-19,21H,9H2,1-8H3,(H,24,31)(H,29,30)/t10-,15-,16+,17+,18+,19-,21+/m1/s1. The molecule has 0 bridgehead atoms. The Labute approximate surface area is 219 Å². The average molecular weight is 550 g/mol. The van der Waals surface area contributed by atoms with Crippen molar-refractivity contribution in [3.8, 4) is 0 Å². The summed E-state index contributed by atoms with van der Waals surface area (Å²) < 4.78 is 37.4. The second-order valence-electron chi connectivity index (χ2n) is 9.37. The first-order valence-corrected chi connectivity index (χ1v) is 11.6. The molecule has 0 aromatic heterocycles. The van der Waals surface area contributed by atoms with Gasteiger partial charge in [-0.15, -0.1) is 0 Å². The molecule has 2 N–H and O–H groups in total. The molecule has 15 heteroatoms. The number of carbonyl (C=O) groups excluding carboxylic acids is 5. The number of esters is 4. The average Bonchev–Trinajstić information content (AvgIpc) is 2.72. The van der Waals surface area contributed by atoms with E-state index in [9.17, 15) is 33.9 Å². The number of carboxylic acid groups (broad SMARTS) is 1. The van der Waals surface area contributed by atoms with Crippen LogP contribution in [0.15, 0.2) is 0 Å². The molecule has 0 saturated carbocycles. The highest BCUT2D eigenvalue weighted by molar-refractivity contribution is 5.80. The minimum Gasteiger partial charge on any atom is -0.480 e. The van der Waals surface area contributed by atoms with Crippen molar-refractivity contribution in [3.63, 3.8) is 0 Å². The van der Waals surface area contributed by atoms with Crippen LogP contribution in [0.2, 0.25) is 0 Å². The Balaban J connectivity index is 3.38. The summed E-state index contributed by atoms with van der Waals surface area (Å²) in [4.78, 5) is 71.1. The predicted molar refractivity (Wildman–Crippen MR) is 123 cm³/mol. The fourth-order valence-corrected chi connectivity index (χ4v) is 3.40. The number of hydrogen-bond donors (Lipinski definition) is 2. The molecule has 0 aliphatic carbocycles. The van der Waals surface area contributed by atoms with Gasteiger partial charge in [-0.05, 0) is 27.7 Å². The molecule has 1 fully saturated rings. The van der Waals surface area contributed by atoms with Gasteiger partial charge < -0.3 is 43.6 Å². The molecule has 38 heavy (non-hydrogen) atoms. The van der Waals surface area contributed by atoms with Crippen LogP contribution < -0.4 is 5.32 Å². The quantitative estimate of drug-likeness (QED) is 0.281. The monoisotopic (exact) mass is 549 g/mol. The summed E-state index contributed by atoms with van der Waals surface area (Å²) in [6.45, 7) is 9.81. The summed E-state index contributed by atoms with van der Waals surface area (Å²) in [5, 5.41) is 11.9. The third-order valence-electron chi connectivity index (χ3n) is 4.70. The molecule has 1 aliphatic heterocycles. The highest BCUT2D eigenvalue weighted by Gasteiger charge is 2.53. The molecular weight excluding hydrogens is 514 g/mol. The lowest BCUT2D eigenvalue weighted by Gasteiger charge is -2.44. The van der Waals surface area contributed by atoms with E-state index in [1.807, 2.05) is 0 Å². The minimum atomic E-state index is -1.67. The smallest absolute Gasteiger partial charge is 0.408 e. The zero-order chi connectivity index (χ0) is 29.4. The highest BCUT2D eigenvalue weighted by atomic mass is 16.7. The molecule has 0 radical (unpaired) electrons. The number of rotatable bonds is 10. The lowest BCUT2D eigenvalue weighted by atomic mass is 9.98. The lowest BCUT2D eigenvalue weighted by Crippen LogP contribution is -2.64. The fourth-order valence-electron chi connectivity index (χ4n) is 3.40. The van der Waals surface area contributed by atoms with Crippen LogP contribution in [0, 0.1) is 0 Å². The molecule has 0 aromatic carbocycles. The van der Waals surface area contributed by atoms with Gasteiger partial charge in [-0.3, -0.25) is 19.2 Å². The van der Waals surface area contributed by atoms with Gasteiger partial charge in [0.25, 0.3) is 0 Å². The zero-order valence-corrected chi connectivity index (χ0v) is 22.5. The molecule has 1 aliphatic rings. The SMILES string of the molecule is CC(=O)OC[C@H]1O[C@H](O[C@H](C)[C@H](NC(=O)OC(C)(C)C)C(=O)O)[C@H](OC(C)=O)[C@@H](OC(C)=O)[C@H]1OC(C)=O. The van der Waals surface area contributed by atoms with E-state index in [2.05, 4.69) is 5.32 Å². The molecular formula is C23H35NO14. The topological polar surface area (TPSA) is 199 Å². The van der Waals surface area contributed by atoms with Crippen molar-refractivity contribution in [3.05, 3.63) is 0 Å². The van der Waals surface area contributed by atoms with Crippen molar-refractivity contribution in [2.24, 2.45) is 0 Å². The van der Waals surface area contributed by atoms with Crippen LogP contribution in [-0.2, 0) is 57.1 Å². The molecule has 1 amide bonds. The van der Waals surface area contributed by atoms with Crippen molar-refractivity contribution in [1.29, 1.82) is 0 Å². The van der Waals surface area contributed by atoms with E-state index in [1.165, 1.54) is 6.92 Å². The van der Waals surface area contributed by atoms with Crippen molar-refractivity contribution < 1.29 is 67.0 Å². The molecule has 1 saturated heterocycles. The second-order valence-corrected chi connectivity index (χ2v) is 9.37. The van der Waals surface area contributed by atoms with Gasteiger partial charge in [-0.2, -0.15) is 0 Å². The van der Waals surface area contributed by atoms with Gasteiger partial charge in [0.15, 0.2) is 30.6 Å². The summed E-state index contributed by atoms with van der Waals surface area (Å²) in [5.41, 5.74) is -0.920.